The fourth-order valence-electron chi connectivity index (χ4n) is 2.78. The summed E-state index contributed by atoms with van der Waals surface area (Å²) in [6, 6.07) is 2.54. The first-order valence-electron chi connectivity index (χ1n) is 7.35. The topological polar surface area (TPSA) is 121 Å². The summed E-state index contributed by atoms with van der Waals surface area (Å²) in [6.45, 7) is 1.90. The number of amides is 2. The van der Waals surface area contributed by atoms with Gasteiger partial charge in [0.2, 0.25) is 5.82 Å². The third kappa shape index (κ3) is 2.55. The quantitative estimate of drug-likeness (QED) is 0.446. The van der Waals surface area contributed by atoms with Crippen LogP contribution in [0.15, 0.2) is 23.1 Å². The Bertz CT molecular complexity index is 877. The average molecular weight is 376 g/mol. The molecule has 9 nitrogen and oxygen atoms in total. The normalized spacial score (nSPS) is 22.4. The number of nitrogens with zero attached hydrogens (tertiary/aromatic N) is 4. The summed E-state index contributed by atoms with van der Waals surface area (Å²) in [5.41, 5.74) is 1.56. The maximum absolute atomic E-state index is 12.6. The number of Topliss-reactive ketones (excluding diaryl/α,β-unsaturated/α-hetero) is 1. The van der Waals surface area contributed by atoms with E-state index in [1.54, 1.807) is 22.4 Å². The van der Waals surface area contributed by atoms with Gasteiger partial charge >= 0.3 is 0 Å². The van der Waals surface area contributed by atoms with E-state index in [0.717, 1.165) is 5.57 Å². The number of aromatic nitrogens is 4. The first kappa shape index (κ1) is 16.0. The van der Waals surface area contributed by atoms with Crippen LogP contribution in [0.25, 0.3) is 5.70 Å². The predicted molar refractivity (Wildman–Crippen MR) is 90.4 cm³/mol. The van der Waals surface area contributed by atoms with Crippen LogP contribution in [0, 0.1) is 0 Å². The van der Waals surface area contributed by atoms with E-state index < -0.39 is 17.7 Å². The fraction of sp³-hybridized carbons (Fsp3) is 0.286. The molecule has 0 aliphatic carbocycles. The molecule has 2 unspecified atom stereocenters. The number of hydrogen-bond donors (Lipinski definition) is 2. The molecule has 2 aliphatic rings. The van der Waals surface area contributed by atoms with E-state index in [1.807, 2.05) is 6.92 Å². The van der Waals surface area contributed by atoms with Crippen molar-refractivity contribution >= 4 is 46.4 Å². The molecular weight excluding hydrogens is 364 g/mol. The molecule has 2 aromatic rings. The third-order valence-corrected chi connectivity index (χ3v) is 6.25. The lowest BCUT2D eigenvalue weighted by Crippen LogP contribution is -2.70. The second kappa shape index (κ2) is 6.08. The second-order valence-electron chi connectivity index (χ2n) is 5.53. The summed E-state index contributed by atoms with van der Waals surface area (Å²) >= 11 is 2.71. The van der Waals surface area contributed by atoms with E-state index in [1.165, 1.54) is 23.1 Å². The molecule has 0 radical (unpaired) electrons. The number of carbonyl (C=O) groups is 3. The molecule has 2 amide bonds. The molecule has 4 heterocycles. The van der Waals surface area contributed by atoms with Crippen LogP contribution in [0.4, 0.5) is 0 Å². The summed E-state index contributed by atoms with van der Waals surface area (Å²) < 4.78 is 0. The highest BCUT2D eigenvalue weighted by Crippen LogP contribution is 2.42. The number of fused-ring (bicyclic) bond motifs is 1. The summed E-state index contributed by atoms with van der Waals surface area (Å²) in [6.07, 6.45) is 0. The highest BCUT2D eigenvalue weighted by atomic mass is 32.2. The highest BCUT2D eigenvalue weighted by molar-refractivity contribution is 8.00. The lowest BCUT2D eigenvalue weighted by atomic mass is 10.0. The van der Waals surface area contributed by atoms with Gasteiger partial charge in [-0.25, -0.2) is 0 Å². The zero-order valence-corrected chi connectivity index (χ0v) is 14.6. The van der Waals surface area contributed by atoms with Crippen molar-refractivity contribution in [3.63, 3.8) is 0 Å². The van der Waals surface area contributed by atoms with Crippen molar-refractivity contribution in [1.29, 1.82) is 0 Å². The van der Waals surface area contributed by atoms with Gasteiger partial charge in [0.1, 0.15) is 11.4 Å². The second-order valence-corrected chi connectivity index (χ2v) is 7.58. The van der Waals surface area contributed by atoms with E-state index in [9.17, 15) is 14.4 Å². The van der Waals surface area contributed by atoms with Crippen molar-refractivity contribution in [2.24, 2.45) is 0 Å². The summed E-state index contributed by atoms with van der Waals surface area (Å²) in [5.74, 6) is -0.677. The number of H-pyrrole nitrogens is 1. The van der Waals surface area contributed by atoms with Crippen molar-refractivity contribution in [2.75, 3.05) is 5.75 Å². The number of hydrogen-bond acceptors (Lipinski definition) is 8. The van der Waals surface area contributed by atoms with Gasteiger partial charge in [-0.15, -0.1) is 33.3 Å². The number of nitrogens with one attached hydrogen (secondary N) is 2. The van der Waals surface area contributed by atoms with Crippen LogP contribution in [-0.4, -0.2) is 60.3 Å². The van der Waals surface area contributed by atoms with Gasteiger partial charge in [0.05, 0.1) is 10.6 Å². The van der Waals surface area contributed by atoms with Crippen molar-refractivity contribution in [2.45, 2.75) is 18.3 Å². The van der Waals surface area contributed by atoms with Crippen molar-refractivity contribution in [3.8, 4) is 0 Å². The molecule has 2 atom stereocenters. The Hall–Kier alpha value is -2.53. The molecule has 2 aliphatic heterocycles. The van der Waals surface area contributed by atoms with Gasteiger partial charge in [-0.1, -0.05) is 6.07 Å². The molecule has 0 bridgehead atoms. The number of thiophene rings is 1. The molecule has 0 spiro atoms. The van der Waals surface area contributed by atoms with Crippen molar-refractivity contribution < 1.29 is 14.4 Å². The average Bonchev–Trinajstić information content (AvgIpc) is 3.31. The fourth-order valence-corrected chi connectivity index (χ4v) is 4.73. The van der Waals surface area contributed by atoms with Crippen LogP contribution in [0.2, 0.25) is 0 Å². The van der Waals surface area contributed by atoms with Crippen LogP contribution in [0.1, 0.15) is 22.4 Å². The Labute approximate surface area is 149 Å². The smallest absolute Gasteiger partial charge is 0.294 e. The molecule has 0 saturated carbocycles. The van der Waals surface area contributed by atoms with Crippen LogP contribution in [0.5, 0.6) is 0 Å². The van der Waals surface area contributed by atoms with Crippen molar-refractivity contribution in [1.82, 2.24) is 30.8 Å². The van der Waals surface area contributed by atoms with E-state index in [-0.39, 0.29) is 11.3 Å². The Morgan fingerprint density at radius 1 is 1.44 bits per heavy atom. The predicted octanol–water partition coefficient (Wildman–Crippen LogP) is 0.275. The van der Waals surface area contributed by atoms with E-state index in [0.29, 0.717) is 22.2 Å². The van der Waals surface area contributed by atoms with E-state index >= 15 is 0 Å². The standard InChI is InChI=1S/C14H12N6O3S2/c1-6-5-25-14-8(15-12(22)10(21)7-3-2-4-24-7)13(23)20(14)9(6)11-16-18-19-17-11/h2-4,8,14H,5H2,1H3,(H,15,22)(H,16,17,18,19). The summed E-state index contributed by atoms with van der Waals surface area (Å²) in [5, 5.41) is 17.8. The number of rotatable bonds is 4. The first-order chi connectivity index (χ1) is 12.1. The Balaban J connectivity index is 1.51. The Morgan fingerprint density at radius 2 is 2.28 bits per heavy atom. The zero-order chi connectivity index (χ0) is 17.6. The molecular formula is C14H12N6O3S2. The molecule has 2 aromatic heterocycles. The maximum Gasteiger partial charge on any atom is 0.294 e. The lowest BCUT2D eigenvalue weighted by molar-refractivity contribution is -0.143. The molecule has 1 fully saturated rings. The minimum atomic E-state index is -0.770. The molecule has 11 heteroatoms. The maximum atomic E-state index is 12.6. The summed E-state index contributed by atoms with van der Waals surface area (Å²) in [7, 11) is 0. The van der Waals surface area contributed by atoms with Gasteiger partial charge in [-0.2, -0.15) is 5.21 Å². The lowest BCUT2D eigenvalue weighted by Gasteiger charge is -2.49. The SMILES string of the molecule is CC1=C(c2nn[nH]n2)N2C(=O)C(NC(=O)C(=O)c3cccs3)C2SC1. The molecule has 4 rings (SSSR count). The molecule has 2 N–H and O–H groups in total. The van der Waals surface area contributed by atoms with E-state index in [2.05, 4.69) is 25.9 Å². The van der Waals surface area contributed by atoms with Gasteiger partial charge < -0.3 is 5.32 Å². The Kier molecular flexibility index (Phi) is 3.88. The monoisotopic (exact) mass is 376 g/mol. The third-order valence-electron chi connectivity index (χ3n) is 3.95. The van der Waals surface area contributed by atoms with E-state index in [4.69, 9.17) is 0 Å². The van der Waals surface area contributed by atoms with Gasteiger partial charge in [0, 0.05) is 5.75 Å². The number of thioether (sulfide) groups is 1. The molecule has 1 saturated heterocycles. The van der Waals surface area contributed by atoms with Crippen molar-refractivity contribution in [3.05, 3.63) is 33.8 Å². The number of tetrazole rings is 1. The van der Waals surface area contributed by atoms with Gasteiger partial charge in [0.15, 0.2) is 0 Å². The van der Waals surface area contributed by atoms with Gasteiger partial charge in [-0.3, -0.25) is 19.3 Å². The number of carbonyl (C=O) groups excluding carboxylic acids is 3. The van der Waals surface area contributed by atoms with Crippen LogP contribution in [-0.2, 0) is 9.59 Å². The van der Waals surface area contributed by atoms with Crippen LogP contribution < -0.4 is 5.32 Å². The van der Waals surface area contributed by atoms with Crippen LogP contribution >= 0.6 is 23.1 Å². The number of ketones is 1. The molecule has 128 valence electrons. The summed E-state index contributed by atoms with van der Waals surface area (Å²) in [4.78, 5) is 38.7. The number of β-lactam (4-membered cyclic amide) rings is 1. The first-order valence-corrected chi connectivity index (χ1v) is 9.27. The molecule has 0 aromatic carbocycles. The minimum Gasteiger partial charge on any atom is -0.335 e. The Morgan fingerprint density at radius 3 is 2.96 bits per heavy atom. The van der Waals surface area contributed by atoms with Gasteiger partial charge in [-0.05, 0) is 29.2 Å². The van der Waals surface area contributed by atoms with Gasteiger partial charge in [0.25, 0.3) is 17.6 Å². The minimum absolute atomic E-state index is 0.287. The number of aromatic amines is 1. The largest absolute Gasteiger partial charge is 0.335 e. The highest BCUT2D eigenvalue weighted by Gasteiger charge is 2.53. The molecule has 25 heavy (non-hydrogen) atoms. The zero-order valence-electron chi connectivity index (χ0n) is 12.9. The van der Waals surface area contributed by atoms with Crippen LogP contribution in [0.3, 0.4) is 0 Å².